The predicted molar refractivity (Wildman–Crippen MR) is 105 cm³/mol. The zero-order chi connectivity index (χ0) is 20.1. The topological polar surface area (TPSA) is 84.0 Å². The highest BCUT2D eigenvalue weighted by molar-refractivity contribution is 5.96. The van der Waals surface area contributed by atoms with Gasteiger partial charge in [-0.2, -0.15) is 0 Å². The van der Waals surface area contributed by atoms with Crippen LogP contribution in [0.25, 0.3) is 11.3 Å². The number of hydrogen-bond acceptors (Lipinski definition) is 4. The Bertz CT molecular complexity index is 861. The molecule has 6 nitrogen and oxygen atoms in total. The van der Waals surface area contributed by atoms with Crippen LogP contribution in [0.3, 0.4) is 0 Å². The van der Waals surface area contributed by atoms with Crippen LogP contribution in [0, 0.1) is 12.7 Å². The van der Waals surface area contributed by atoms with Crippen molar-refractivity contribution in [3.8, 4) is 11.3 Å². The first kappa shape index (κ1) is 19.9. The number of hydrogen-bond donors (Lipinski definition) is 2. The average molecular weight is 384 g/mol. The van der Waals surface area contributed by atoms with E-state index in [2.05, 4.69) is 20.8 Å². The van der Waals surface area contributed by atoms with Crippen LogP contribution in [0.4, 0.5) is 4.39 Å². The molecule has 1 heterocycles. The molecule has 2 N–H and O–H groups in total. The molecule has 0 saturated heterocycles. The first-order valence-corrected chi connectivity index (χ1v) is 9.73. The second kappa shape index (κ2) is 8.91. The van der Waals surface area contributed by atoms with Crippen LogP contribution >= 0.6 is 0 Å². The first-order valence-electron chi connectivity index (χ1n) is 9.73. The van der Waals surface area contributed by atoms with E-state index in [0.29, 0.717) is 23.4 Å². The third-order valence-corrected chi connectivity index (χ3v) is 5.01. The van der Waals surface area contributed by atoms with Gasteiger partial charge in [-0.15, -0.1) is 10.2 Å². The standard InChI is InChI=1S/C21H25FN4O2/c1-3-10-23-20(27)14-11-16(13(2)17(22)12-14)18-8-9-19(26-25-18)21(28)24-15-6-4-5-7-15/h8-9,11-12,15H,3-7,10H2,1-2H3,(H,23,27)(H,24,28). The van der Waals surface area contributed by atoms with Gasteiger partial charge in [0, 0.05) is 23.7 Å². The molecule has 0 unspecified atom stereocenters. The van der Waals surface area contributed by atoms with Gasteiger partial charge in [-0.05, 0) is 56.0 Å². The quantitative estimate of drug-likeness (QED) is 0.799. The number of carbonyl (C=O) groups is 2. The Hall–Kier alpha value is -2.83. The predicted octanol–water partition coefficient (Wildman–Crippen LogP) is 3.40. The maximum absolute atomic E-state index is 14.4. The Morgan fingerprint density at radius 3 is 2.54 bits per heavy atom. The number of nitrogens with zero attached hydrogens (tertiary/aromatic N) is 2. The average Bonchev–Trinajstić information content (AvgIpc) is 3.21. The van der Waals surface area contributed by atoms with E-state index in [9.17, 15) is 14.0 Å². The fraction of sp³-hybridized carbons (Fsp3) is 0.429. The molecule has 2 aromatic rings. The molecule has 1 aliphatic carbocycles. The molecule has 148 valence electrons. The van der Waals surface area contributed by atoms with Gasteiger partial charge in [-0.25, -0.2) is 4.39 Å². The Balaban J connectivity index is 1.81. The molecule has 0 aliphatic heterocycles. The number of amides is 2. The molecule has 2 amide bonds. The van der Waals surface area contributed by atoms with Crippen LogP contribution in [-0.4, -0.2) is 34.6 Å². The molecule has 0 atom stereocenters. The molecule has 1 aromatic heterocycles. The van der Waals surface area contributed by atoms with Gasteiger partial charge in [-0.3, -0.25) is 9.59 Å². The van der Waals surface area contributed by atoms with Crippen molar-refractivity contribution < 1.29 is 14.0 Å². The lowest BCUT2D eigenvalue weighted by Gasteiger charge is -2.12. The first-order chi connectivity index (χ1) is 13.5. The van der Waals surface area contributed by atoms with Gasteiger partial charge in [0.25, 0.3) is 11.8 Å². The third kappa shape index (κ3) is 4.52. The molecule has 0 radical (unpaired) electrons. The minimum absolute atomic E-state index is 0.198. The molecule has 1 aliphatic rings. The van der Waals surface area contributed by atoms with E-state index in [1.54, 1.807) is 25.1 Å². The molecular weight excluding hydrogens is 359 g/mol. The minimum Gasteiger partial charge on any atom is -0.352 e. The van der Waals surface area contributed by atoms with Crippen molar-refractivity contribution in [3.05, 3.63) is 46.9 Å². The summed E-state index contributed by atoms with van der Waals surface area (Å²) in [4.78, 5) is 24.5. The second-order valence-corrected chi connectivity index (χ2v) is 7.15. The smallest absolute Gasteiger partial charge is 0.272 e. The van der Waals surface area contributed by atoms with E-state index in [0.717, 1.165) is 32.1 Å². The van der Waals surface area contributed by atoms with Gasteiger partial charge in [0.15, 0.2) is 5.69 Å². The number of carbonyl (C=O) groups excluding carboxylic acids is 2. The van der Waals surface area contributed by atoms with Gasteiger partial charge < -0.3 is 10.6 Å². The fourth-order valence-corrected chi connectivity index (χ4v) is 3.34. The molecule has 1 aromatic carbocycles. The molecule has 0 bridgehead atoms. The third-order valence-electron chi connectivity index (χ3n) is 5.01. The number of halogens is 1. The maximum Gasteiger partial charge on any atom is 0.272 e. The number of aromatic nitrogens is 2. The molecule has 3 rings (SSSR count). The van der Waals surface area contributed by atoms with Crippen LogP contribution < -0.4 is 10.6 Å². The number of nitrogens with one attached hydrogen (secondary N) is 2. The molecule has 1 fully saturated rings. The Morgan fingerprint density at radius 2 is 1.89 bits per heavy atom. The summed E-state index contributed by atoms with van der Waals surface area (Å²) in [5, 5.41) is 13.8. The summed E-state index contributed by atoms with van der Waals surface area (Å²) in [5.74, 6) is -1.06. The van der Waals surface area contributed by atoms with Gasteiger partial charge in [0.05, 0.1) is 5.69 Å². The van der Waals surface area contributed by atoms with Crippen molar-refractivity contribution in [3.63, 3.8) is 0 Å². The van der Waals surface area contributed by atoms with Crippen molar-refractivity contribution in [2.24, 2.45) is 0 Å². The van der Waals surface area contributed by atoms with Crippen molar-refractivity contribution in [2.45, 2.75) is 52.0 Å². The van der Waals surface area contributed by atoms with Crippen LogP contribution in [0.1, 0.15) is 65.4 Å². The van der Waals surface area contributed by atoms with E-state index in [-0.39, 0.29) is 29.1 Å². The SMILES string of the molecule is CCCNC(=O)c1cc(F)c(C)c(-c2ccc(C(=O)NC3CCCC3)nn2)c1. The van der Waals surface area contributed by atoms with Crippen LogP contribution in [0.15, 0.2) is 24.3 Å². The van der Waals surface area contributed by atoms with Crippen LogP contribution in [0.2, 0.25) is 0 Å². The lowest BCUT2D eigenvalue weighted by molar-refractivity contribution is 0.0929. The Labute approximate surface area is 163 Å². The second-order valence-electron chi connectivity index (χ2n) is 7.15. The zero-order valence-corrected chi connectivity index (χ0v) is 16.2. The van der Waals surface area contributed by atoms with E-state index >= 15 is 0 Å². The van der Waals surface area contributed by atoms with Crippen molar-refractivity contribution >= 4 is 11.8 Å². The van der Waals surface area contributed by atoms with Crippen LogP contribution in [0.5, 0.6) is 0 Å². The summed E-state index contributed by atoms with van der Waals surface area (Å²) in [6.45, 7) is 4.09. The van der Waals surface area contributed by atoms with Crippen molar-refractivity contribution in [1.82, 2.24) is 20.8 Å². The molecule has 28 heavy (non-hydrogen) atoms. The summed E-state index contributed by atoms with van der Waals surface area (Å²) in [6, 6.07) is 6.23. The molecule has 7 heteroatoms. The van der Waals surface area contributed by atoms with E-state index in [1.807, 2.05) is 6.92 Å². The largest absolute Gasteiger partial charge is 0.352 e. The van der Waals surface area contributed by atoms with Crippen LogP contribution in [-0.2, 0) is 0 Å². The van der Waals surface area contributed by atoms with E-state index < -0.39 is 5.82 Å². The zero-order valence-electron chi connectivity index (χ0n) is 16.2. The van der Waals surface area contributed by atoms with E-state index in [4.69, 9.17) is 0 Å². The van der Waals surface area contributed by atoms with Crippen molar-refractivity contribution in [1.29, 1.82) is 0 Å². The number of benzene rings is 1. The van der Waals surface area contributed by atoms with Gasteiger partial charge in [0.2, 0.25) is 0 Å². The number of rotatable bonds is 6. The highest BCUT2D eigenvalue weighted by atomic mass is 19.1. The summed E-state index contributed by atoms with van der Waals surface area (Å²) in [5.41, 5.74) is 1.74. The molecule has 0 spiro atoms. The highest BCUT2D eigenvalue weighted by Gasteiger charge is 2.20. The summed E-state index contributed by atoms with van der Waals surface area (Å²) < 4.78 is 14.4. The summed E-state index contributed by atoms with van der Waals surface area (Å²) >= 11 is 0. The lowest BCUT2D eigenvalue weighted by atomic mass is 10.0. The summed E-state index contributed by atoms with van der Waals surface area (Å²) in [6.07, 6.45) is 5.03. The monoisotopic (exact) mass is 384 g/mol. The normalized spacial score (nSPS) is 14.1. The summed E-state index contributed by atoms with van der Waals surface area (Å²) in [7, 11) is 0. The Kier molecular flexibility index (Phi) is 6.34. The van der Waals surface area contributed by atoms with Gasteiger partial charge >= 0.3 is 0 Å². The maximum atomic E-state index is 14.4. The molecule has 1 saturated carbocycles. The molecular formula is C21H25FN4O2. The van der Waals surface area contributed by atoms with E-state index in [1.165, 1.54) is 6.07 Å². The van der Waals surface area contributed by atoms with Gasteiger partial charge in [0.1, 0.15) is 5.82 Å². The van der Waals surface area contributed by atoms with Gasteiger partial charge in [-0.1, -0.05) is 19.8 Å². The highest BCUT2D eigenvalue weighted by Crippen LogP contribution is 2.25. The van der Waals surface area contributed by atoms with Crippen molar-refractivity contribution in [2.75, 3.05) is 6.54 Å². The Morgan fingerprint density at radius 1 is 1.14 bits per heavy atom. The lowest BCUT2D eigenvalue weighted by Crippen LogP contribution is -2.33. The fourth-order valence-electron chi connectivity index (χ4n) is 3.34. The minimum atomic E-state index is -0.482.